The molecule has 156 valence electrons. The van der Waals surface area contributed by atoms with Gasteiger partial charge < -0.3 is 24.3 Å². The summed E-state index contributed by atoms with van der Waals surface area (Å²) in [5.41, 5.74) is 1.34. The third kappa shape index (κ3) is 3.23. The van der Waals surface area contributed by atoms with Crippen molar-refractivity contribution in [3.63, 3.8) is 0 Å². The van der Waals surface area contributed by atoms with E-state index >= 15 is 0 Å². The van der Waals surface area contributed by atoms with Gasteiger partial charge in [0.1, 0.15) is 5.76 Å². The quantitative estimate of drug-likeness (QED) is 0.619. The van der Waals surface area contributed by atoms with E-state index in [1.165, 1.54) is 17.1 Å². The molecule has 3 saturated heterocycles. The molecule has 2 bridgehead atoms. The molecule has 4 aliphatic heterocycles. The summed E-state index contributed by atoms with van der Waals surface area (Å²) in [5.74, 6) is 0.369. The number of carbonyl (C=O) groups excluding carboxylic acids is 2. The summed E-state index contributed by atoms with van der Waals surface area (Å²) >= 11 is 0. The summed E-state index contributed by atoms with van der Waals surface area (Å²) in [6.07, 6.45) is 3.28. The summed E-state index contributed by atoms with van der Waals surface area (Å²) in [5, 5.41) is 22.4. The molecule has 0 spiro atoms. The van der Waals surface area contributed by atoms with E-state index in [2.05, 4.69) is 0 Å². The van der Waals surface area contributed by atoms with Crippen molar-refractivity contribution in [2.45, 2.75) is 25.1 Å². The van der Waals surface area contributed by atoms with Gasteiger partial charge in [-0.15, -0.1) is 0 Å². The summed E-state index contributed by atoms with van der Waals surface area (Å²) in [6.45, 7) is 2.05. The van der Waals surface area contributed by atoms with Crippen LogP contribution < -0.4 is 4.90 Å². The zero-order valence-electron chi connectivity index (χ0n) is 16.4. The lowest BCUT2D eigenvalue weighted by Gasteiger charge is -2.44. The minimum absolute atomic E-state index is 0.103. The molecule has 2 amide bonds. The van der Waals surface area contributed by atoms with Gasteiger partial charge in [0.25, 0.3) is 11.8 Å². The largest absolute Gasteiger partial charge is 0.633 e. The molecular weight excluding hydrogens is 386 g/mol. The normalized spacial score (nSPS) is 28.3. The van der Waals surface area contributed by atoms with Crippen LogP contribution in [0.15, 0.2) is 53.0 Å². The fourth-order valence-corrected chi connectivity index (χ4v) is 4.58. The monoisotopic (exact) mass is 409 g/mol. The molecule has 8 nitrogen and oxygen atoms in total. The predicted octanol–water partition coefficient (Wildman–Crippen LogP) is 2.10. The van der Waals surface area contributed by atoms with Gasteiger partial charge in [0.2, 0.25) is 0 Å². The number of benzene rings is 1. The third-order valence-corrected chi connectivity index (χ3v) is 6.35. The lowest BCUT2D eigenvalue weighted by atomic mass is 10.0. The highest BCUT2D eigenvalue weighted by molar-refractivity contribution is 6.04. The van der Waals surface area contributed by atoms with Crippen LogP contribution in [0.5, 0.6) is 0 Å². The maximum atomic E-state index is 13.0. The highest BCUT2D eigenvalue weighted by Gasteiger charge is 2.38. The molecule has 30 heavy (non-hydrogen) atoms. The molecule has 8 heteroatoms. The van der Waals surface area contributed by atoms with Crippen LogP contribution >= 0.6 is 0 Å². The predicted molar refractivity (Wildman–Crippen MR) is 109 cm³/mol. The van der Waals surface area contributed by atoms with Gasteiger partial charge in [0.15, 0.2) is 12.0 Å². The summed E-state index contributed by atoms with van der Waals surface area (Å²) in [4.78, 5) is 28.0. The second kappa shape index (κ2) is 7.09. The van der Waals surface area contributed by atoms with Crippen LogP contribution in [0.2, 0.25) is 0 Å². The summed E-state index contributed by atoms with van der Waals surface area (Å²) < 4.78 is 5.65. The Hall–Kier alpha value is -2.94. The van der Waals surface area contributed by atoms with Crippen molar-refractivity contribution in [2.75, 3.05) is 31.1 Å². The van der Waals surface area contributed by atoms with E-state index in [1.807, 2.05) is 0 Å². The number of hydrogen-bond acceptors (Lipinski definition) is 5. The van der Waals surface area contributed by atoms with Crippen molar-refractivity contribution in [1.82, 2.24) is 4.90 Å². The third-order valence-electron chi connectivity index (χ3n) is 6.35. The molecule has 5 heterocycles. The average molecular weight is 409 g/mol. The Kier molecular flexibility index (Phi) is 4.50. The summed E-state index contributed by atoms with van der Waals surface area (Å²) in [6, 6.07) is 10.5. The first-order valence-corrected chi connectivity index (χ1v) is 10.2. The second-order valence-corrected chi connectivity index (χ2v) is 8.15. The van der Waals surface area contributed by atoms with Gasteiger partial charge in [-0.3, -0.25) is 14.5 Å². The second-order valence-electron chi connectivity index (χ2n) is 8.15. The first-order valence-electron chi connectivity index (χ1n) is 10.2. The Morgan fingerprint density at radius 1 is 1.10 bits per heavy atom. The van der Waals surface area contributed by atoms with E-state index in [0.717, 1.165) is 18.4 Å². The molecular formula is C22H23N3O5. The number of nitrogens with zero attached hydrogens (tertiary/aromatic N) is 3. The lowest BCUT2D eigenvalue weighted by molar-refractivity contribution is -0.881. The zero-order chi connectivity index (χ0) is 20.9. The lowest BCUT2D eigenvalue weighted by Crippen LogP contribution is -2.48. The van der Waals surface area contributed by atoms with E-state index in [0.29, 0.717) is 37.6 Å². The number of piperidine rings is 1. The van der Waals surface area contributed by atoms with Crippen LogP contribution in [-0.4, -0.2) is 64.9 Å². The Labute approximate surface area is 173 Å². The van der Waals surface area contributed by atoms with Crippen molar-refractivity contribution in [3.05, 3.63) is 59.5 Å². The van der Waals surface area contributed by atoms with Gasteiger partial charge in [0, 0.05) is 36.2 Å². The number of aliphatic hydroxyl groups is 1. The minimum Gasteiger partial charge on any atom is -0.633 e. The van der Waals surface area contributed by atoms with E-state index in [4.69, 9.17) is 4.42 Å². The molecule has 1 atom stereocenters. The molecule has 2 aromatic rings. The Bertz CT molecular complexity index is 1000. The van der Waals surface area contributed by atoms with Crippen LogP contribution in [0.1, 0.15) is 23.4 Å². The molecule has 4 aliphatic rings. The van der Waals surface area contributed by atoms with E-state index in [1.54, 1.807) is 41.3 Å². The Morgan fingerprint density at radius 2 is 1.83 bits per heavy atom. The molecule has 1 unspecified atom stereocenters. The van der Waals surface area contributed by atoms with Gasteiger partial charge in [-0.2, -0.15) is 0 Å². The fraction of sp³-hybridized carbons (Fsp3) is 0.364. The van der Waals surface area contributed by atoms with E-state index in [-0.39, 0.29) is 28.3 Å². The Morgan fingerprint density at radius 3 is 2.50 bits per heavy atom. The molecule has 6 rings (SSSR count). The highest BCUT2D eigenvalue weighted by atomic mass is 16.5. The number of quaternary nitrogens is 1. The number of rotatable bonds is 3. The molecule has 1 aromatic heterocycles. The van der Waals surface area contributed by atoms with Crippen LogP contribution in [0.25, 0.3) is 11.3 Å². The molecule has 1 N–H and O–H groups in total. The van der Waals surface area contributed by atoms with Crippen molar-refractivity contribution in [1.29, 1.82) is 0 Å². The number of carbonyl (C=O) groups is 2. The van der Waals surface area contributed by atoms with Crippen LogP contribution in [0.4, 0.5) is 5.69 Å². The summed E-state index contributed by atoms with van der Waals surface area (Å²) in [7, 11) is 0. The molecule has 0 saturated carbocycles. The molecule has 3 fully saturated rings. The van der Waals surface area contributed by atoms with Crippen molar-refractivity contribution < 1.29 is 23.8 Å². The maximum absolute atomic E-state index is 13.0. The first-order chi connectivity index (χ1) is 14.4. The van der Waals surface area contributed by atoms with Gasteiger partial charge in [-0.25, -0.2) is 0 Å². The zero-order valence-corrected chi connectivity index (χ0v) is 16.4. The van der Waals surface area contributed by atoms with Gasteiger partial charge in [-0.05, 0) is 42.5 Å². The smallest absolute Gasteiger partial charge is 0.290 e. The first kappa shape index (κ1) is 19.0. The number of aliphatic hydroxyl groups excluding tert-OH is 1. The molecule has 0 radical (unpaired) electrons. The maximum Gasteiger partial charge on any atom is 0.290 e. The number of hydrogen-bond donors (Lipinski definition) is 1. The van der Waals surface area contributed by atoms with Crippen LogP contribution in [0.3, 0.4) is 0 Å². The molecule has 0 aliphatic carbocycles. The fourth-order valence-electron chi connectivity index (χ4n) is 4.58. The number of amides is 2. The van der Waals surface area contributed by atoms with Gasteiger partial charge >= 0.3 is 0 Å². The number of hydroxylamine groups is 3. The topological polar surface area (TPSA) is 97.0 Å². The number of anilines is 1. The average Bonchev–Trinajstić information content (AvgIpc) is 3.28. The van der Waals surface area contributed by atoms with Crippen LogP contribution in [0, 0.1) is 5.21 Å². The highest BCUT2D eigenvalue weighted by Crippen LogP contribution is 2.30. The number of furan rings is 1. The van der Waals surface area contributed by atoms with E-state index < -0.39 is 6.23 Å². The number of fused-ring (bicyclic) bond motifs is 4. The van der Waals surface area contributed by atoms with Crippen molar-refractivity contribution in [2.24, 2.45) is 0 Å². The Balaban J connectivity index is 1.33. The van der Waals surface area contributed by atoms with Crippen molar-refractivity contribution >= 4 is 17.5 Å². The van der Waals surface area contributed by atoms with Crippen molar-refractivity contribution in [3.8, 4) is 11.3 Å². The minimum atomic E-state index is -0.966. The molecule has 1 aromatic carbocycles. The van der Waals surface area contributed by atoms with Gasteiger partial charge in [-0.1, -0.05) is 0 Å². The van der Waals surface area contributed by atoms with Gasteiger partial charge in [0.05, 0.1) is 26.2 Å². The van der Waals surface area contributed by atoms with E-state index in [9.17, 15) is 19.9 Å². The van der Waals surface area contributed by atoms with Crippen LogP contribution in [-0.2, 0) is 4.79 Å². The standard InChI is InChI=1S/C22H23N3O5/c26-20-7-8-21(27)24(20)17-3-1-15(2-4-17)18-5-6-19(30-18)22(28)23-11-14-25(29)12-9-16(23)10-13-25/h1-8,16,20,26H,9-14H2. The SMILES string of the molecule is O=C(c1ccc(-c2ccc(N3C(=O)C=CC3O)cc2)o1)N1CC[N+]2([O-])CCC1CC2.